The van der Waals surface area contributed by atoms with E-state index in [4.69, 9.17) is 10.5 Å². The highest BCUT2D eigenvalue weighted by atomic mass is 16.5. The van der Waals surface area contributed by atoms with Gasteiger partial charge in [0.1, 0.15) is 5.75 Å². The molecule has 0 radical (unpaired) electrons. The first-order valence-corrected chi connectivity index (χ1v) is 7.14. The normalized spacial score (nSPS) is 26.9. The fraction of sp³-hybridized carbons (Fsp3) is 0.625. The van der Waals surface area contributed by atoms with Gasteiger partial charge in [-0.05, 0) is 49.9 Å². The minimum Gasteiger partial charge on any atom is -0.497 e. The van der Waals surface area contributed by atoms with Gasteiger partial charge in [-0.15, -0.1) is 0 Å². The van der Waals surface area contributed by atoms with E-state index < -0.39 is 0 Å². The Morgan fingerprint density at radius 2 is 2.05 bits per heavy atom. The molecule has 1 aliphatic carbocycles. The van der Waals surface area contributed by atoms with Crippen LogP contribution in [-0.2, 0) is 6.54 Å². The van der Waals surface area contributed by atoms with Crippen molar-refractivity contribution in [1.82, 2.24) is 4.90 Å². The Balaban J connectivity index is 2.04. The van der Waals surface area contributed by atoms with E-state index in [-0.39, 0.29) is 5.54 Å². The molecule has 3 nitrogen and oxygen atoms in total. The summed E-state index contributed by atoms with van der Waals surface area (Å²) in [5, 5.41) is 0. The van der Waals surface area contributed by atoms with Gasteiger partial charge in [-0.25, -0.2) is 0 Å². The Kier molecular flexibility index (Phi) is 4.48. The summed E-state index contributed by atoms with van der Waals surface area (Å²) in [4.78, 5) is 2.44. The van der Waals surface area contributed by atoms with Gasteiger partial charge in [0.2, 0.25) is 0 Å². The first-order valence-electron chi connectivity index (χ1n) is 7.14. The van der Waals surface area contributed by atoms with Gasteiger partial charge in [0, 0.05) is 18.6 Å². The summed E-state index contributed by atoms with van der Waals surface area (Å²) in [5.41, 5.74) is 7.58. The van der Waals surface area contributed by atoms with E-state index >= 15 is 0 Å². The van der Waals surface area contributed by atoms with Gasteiger partial charge in [-0.1, -0.05) is 19.1 Å². The highest BCUT2D eigenvalue weighted by Crippen LogP contribution is 2.38. The van der Waals surface area contributed by atoms with Gasteiger partial charge in [0.15, 0.2) is 0 Å². The van der Waals surface area contributed by atoms with Crippen LogP contribution in [0, 0.1) is 5.92 Å². The molecule has 2 rings (SSSR count). The predicted molar refractivity (Wildman–Crippen MR) is 79.3 cm³/mol. The molecule has 1 fully saturated rings. The van der Waals surface area contributed by atoms with E-state index in [1.807, 2.05) is 12.1 Å². The van der Waals surface area contributed by atoms with E-state index in [1.54, 1.807) is 7.11 Å². The number of hydrogen-bond donors (Lipinski definition) is 1. The molecule has 1 aromatic rings. The molecule has 2 atom stereocenters. The number of rotatable bonds is 5. The lowest BCUT2D eigenvalue weighted by Gasteiger charge is -2.38. The molecule has 3 heteroatoms. The van der Waals surface area contributed by atoms with Crippen molar-refractivity contribution in [2.45, 2.75) is 38.3 Å². The van der Waals surface area contributed by atoms with E-state index in [9.17, 15) is 0 Å². The Bertz CT molecular complexity index is 404. The highest BCUT2D eigenvalue weighted by Gasteiger charge is 2.39. The van der Waals surface area contributed by atoms with Crippen LogP contribution < -0.4 is 10.5 Å². The Morgan fingerprint density at radius 3 is 2.53 bits per heavy atom. The SMILES string of the molecule is COc1ccc(CN(C)C2(CN)CCC(C)C2)cc1. The maximum absolute atomic E-state index is 6.07. The van der Waals surface area contributed by atoms with Crippen molar-refractivity contribution in [2.24, 2.45) is 11.7 Å². The van der Waals surface area contributed by atoms with Crippen LogP contribution in [0.15, 0.2) is 24.3 Å². The Labute approximate surface area is 116 Å². The number of benzene rings is 1. The van der Waals surface area contributed by atoms with E-state index in [1.165, 1.54) is 24.8 Å². The number of hydrogen-bond acceptors (Lipinski definition) is 3. The summed E-state index contributed by atoms with van der Waals surface area (Å²) in [7, 11) is 3.90. The lowest BCUT2D eigenvalue weighted by atomic mass is 9.94. The van der Waals surface area contributed by atoms with Crippen LogP contribution in [0.4, 0.5) is 0 Å². The molecule has 0 bridgehead atoms. The average Bonchev–Trinajstić information content (AvgIpc) is 2.82. The third kappa shape index (κ3) is 3.10. The molecule has 0 aromatic heterocycles. The lowest BCUT2D eigenvalue weighted by Crippen LogP contribution is -2.49. The molecule has 2 N–H and O–H groups in total. The highest BCUT2D eigenvalue weighted by molar-refractivity contribution is 5.27. The van der Waals surface area contributed by atoms with Gasteiger partial charge in [0.05, 0.1) is 7.11 Å². The molecule has 0 spiro atoms. The summed E-state index contributed by atoms with van der Waals surface area (Å²) < 4.78 is 5.20. The molecule has 0 aliphatic heterocycles. The molecule has 0 saturated heterocycles. The molecule has 0 heterocycles. The van der Waals surface area contributed by atoms with Crippen molar-refractivity contribution in [2.75, 3.05) is 20.7 Å². The summed E-state index contributed by atoms with van der Waals surface area (Å²) in [6, 6.07) is 8.32. The van der Waals surface area contributed by atoms with E-state index in [0.29, 0.717) is 0 Å². The third-order valence-electron chi connectivity index (χ3n) is 4.60. The Hall–Kier alpha value is -1.06. The number of methoxy groups -OCH3 is 1. The van der Waals surface area contributed by atoms with Gasteiger partial charge >= 0.3 is 0 Å². The Morgan fingerprint density at radius 1 is 1.37 bits per heavy atom. The predicted octanol–water partition coefficient (Wildman–Crippen LogP) is 2.64. The van der Waals surface area contributed by atoms with Crippen LogP contribution in [0.2, 0.25) is 0 Å². The maximum atomic E-state index is 6.07. The van der Waals surface area contributed by atoms with Gasteiger partial charge in [-0.2, -0.15) is 0 Å². The van der Waals surface area contributed by atoms with Crippen molar-refractivity contribution in [1.29, 1.82) is 0 Å². The summed E-state index contributed by atoms with van der Waals surface area (Å²) in [6.07, 6.45) is 3.73. The molecule has 19 heavy (non-hydrogen) atoms. The second-order valence-electron chi connectivity index (χ2n) is 5.98. The van der Waals surface area contributed by atoms with Gasteiger partial charge in [0.25, 0.3) is 0 Å². The van der Waals surface area contributed by atoms with Crippen molar-refractivity contribution >= 4 is 0 Å². The first kappa shape index (κ1) is 14.4. The smallest absolute Gasteiger partial charge is 0.118 e. The van der Waals surface area contributed by atoms with Gasteiger partial charge in [-0.3, -0.25) is 4.90 Å². The molecule has 1 saturated carbocycles. The molecule has 1 aromatic carbocycles. The minimum atomic E-state index is 0.194. The number of likely N-dealkylation sites (N-methyl/N-ethyl adjacent to an activating group) is 1. The monoisotopic (exact) mass is 262 g/mol. The van der Waals surface area contributed by atoms with Crippen LogP contribution in [0.1, 0.15) is 31.7 Å². The maximum Gasteiger partial charge on any atom is 0.118 e. The van der Waals surface area contributed by atoms with Crippen LogP contribution in [-0.4, -0.2) is 31.1 Å². The van der Waals surface area contributed by atoms with Crippen molar-refractivity contribution < 1.29 is 4.74 Å². The zero-order chi connectivity index (χ0) is 13.9. The number of nitrogens with zero attached hydrogens (tertiary/aromatic N) is 1. The fourth-order valence-corrected chi connectivity index (χ4v) is 3.23. The van der Waals surface area contributed by atoms with E-state index in [0.717, 1.165) is 24.8 Å². The van der Waals surface area contributed by atoms with Crippen molar-refractivity contribution in [3.63, 3.8) is 0 Å². The summed E-state index contributed by atoms with van der Waals surface area (Å²) in [5.74, 6) is 1.70. The van der Waals surface area contributed by atoms with E-state index in [2.05, 4.69) is 31.0 Å². The standard InChI is InChI=1S/C16H26N2O/c1-13-8-9-16(10-13,12-17)18(2)11-14-4-6-15(19-3)7-5-14/h4-7,13H,8-12,17H2,1-3H3. The first-order chi connectivity index (χ1) is 9.09. The number of nitrogens with two attached hydrogens (primary N) is 1. The second-order valence-corrected chi connectivity index (χ2v) is 5.98. The molecule has 0 amide bonds. The second kappa shape index (κ2) is 5.93. The number of ether oxygens (including phenoxy) is 1. The third-order valence-corrected chi connectivity index (χ3v) is 4.60. The molecular weight excluding hydrogens is 236 g/mol. The minimum absolute atomic E-state index is 0.194. The zero-order valence-corrected chi connectivity index (χ0v) is 12.4. The van der Waals surface area contributed by atoms with Gasteiger partial charge < -0.3 is 10.5 Å². The van der Waals surface area contributed by atoms with Crippen LogP contribution in [0.5, 0.6) is 5.75 Å². The summed E-state index contributed by atoms with van der Waals surface area (Å²) >= 11 is 0. The molecule has 1 aliphatic rings. The average molecular weight is 262 g/mol. The fourth-order valence-electron chi connectivity index (χ4n) is 3.23. The summed E-state index contributed by atoms with van der Waals surface area (Å²) in [6.45, 7) is 4.04. The van der Waals surface area contributed by atoms with Crippen LogP contribution in [0.25, 0.3) is 0 Å². The topological polar surface area (TPSA) is 38.5 Å². The van der Waals surface area contributed by atoms with Crippen LogP contribution >= 0.6 is 0 Å². The van der Waals surface area contributed by atoms with Crippen molar-refractivity contribution in [3.8, 4) is 5.75 Å². The molecule has 106 valence electrons. The largest absolute Gasteiger partial charge is 0.497 e. The molecule has 2 unspecified atom stereocenters. The van der Waals surface area contributed by atoms with Crippen LogP contribution in [0.3, 0.4) is 0 Å². The molecular formula is C16H26N2O. The zero-order valence-electron chi connectivity index (χ0n) is 12.4. The quantitative estimate of drug-likeness (QED) is 0.886. The lowest BCUT2D eigenvalue weighted by molar-refractivity contribution is 0.120. The van der Waals surface area contributed by atoms with Crippen molar-refractivity contribution in [3.05, 3.63) is 29.8 Å².